The Morgan fingerprint density at radius 1 is 1.43 bits per heavy atom. The second-order valence-corrected chi connectivity index (χ2v) is 5.12. The van der Waals surface area contributed by atoms with Crippen molar-refractivity contribution in [1.29, 1.82) is 0 Å². The van der Waals surface area contributed by atoms with Crippen LogP contribution < -0.4 is 5.32 Å². The molecule has 0 fully saturated rings. The maximum Gasteiger partial charge on any atom is 0.328 e. The summed E-state index contributed by atoms with van der Waals surface area (Å²) in [5.41, 5.74) is 4.69. The molecule has 108 valence electrons. The predicted molar refractivity (Wildman–Crippen MR) is 81.1 cm³/mol. The molecule has 0 radical (unpaired) electrons. The second kappa shape index (κ2) is 6.81. The van der Waals surface area contributed by atoms with E-state index in [1.165, 1.54) is 17.4 Å². The summed E-state index contributed by atoms with van der Waals surface area (Å²) in [5, 5.41) is 13.3. The minimum atomic E-state index is -1.00. The van der Waals surface area contributed by atoms with Crippen molar-refractivity contribution < 1.29 is 14.7 Å². The summed E-state index contributed by atoms with van der Waals surface area (Å²) in [7, 11) is 0. The van der Waals surface area contributed by atoms with E-state index in [4.69, 9.17) is 5.11 Å². The van der Waals surface area contributed by atoms with Crippen molar-refractivity contribution >= 4 is 29.3 Å². The molecule has 0 saturated carbocycles. The van der Waals surface area contributed by atoms with Gasteiger partial charge in [0, 0.05) is 17.0 Å². The molecule has 1 amide bonds. The molecule has 1 aromatic heterocycles. The summed E-state index contributed by atoms with van der Waals surface area (Å²) in [6.07, 6.45) is 2.58. The van der Waals surface area contributed by atoms with Gasteiger partial charge in [0.05, 0.1) is 17.7 Å². The van der Waals surface area contributed by atoms with E-state index in [0.29, 0.717) is 12.1 Å². The predicted octanol–water partition coefficient (Wildman–Crippen LogP) is 2.48. The summed E-state index contributed by atoms with van der Waals surface area (Å²) in [6.45, 7) is 2.22. The van der Waals surface area contributed by atoms with Crippen LogP contribution in [0.3, 0.4) is 0 Å². The molecule has 0 atom stereocenters. The van der Waals surface area contributed by atoms with Crippen molar-refractivity contribution in [2.75, 3.05) is 0 Å². The first-order valence-electron chi connectivity index (χ1n) is 6.23. The number of hydrogen-bond acceptors (Lipinski definition) is 4. The molecule has 0 spiro atoms. The van der Waals surface area contributed by atoms with E-state index in [1.807, 2.05) is 12.3 Å². The third-order valence-electron chi connectivity index (χ3n) is 2.85. The number of aryl methyl sites for hydroxylation is 1. The number of thiazole rings is 1. The zero-order valence-electron chi connectivity index (χ0n) is 11.4. The van der Waals surface area contributed by atoms with Gasteiger partial charge in [0.1, 0.15) is 0 Å². The first-order valence-corrected chi connectivity index (χ1v) is 7.17. The van der Waals surface area contributed by atoms with Gasteiger partial charge >= 0.3 is 5.97 Å². The van der Waals surface area contributed by atoms with Gasteiger partial charge in [-0.15, -0.1) is 11.3 Å². The fourth-order valence-corrected chi connectivity index (χ4v) is 2.32. The molecule has 0 unspecified atom stereocenters. The Hall–Kier alpha value is -2.47. The van der Waals surface area contributed by atoms with Crippen molar-refractivity contribution in [2.45, 2.75) is 13.5 Å². The van der Waals surface area contributed by atoms with Crippen LogP contribution in [0, 0.1) is 6.92 Å². The van der Waals surface area contributed by atoms with Crippen LogP contribution >= 0.6 is 11.3 Å². The average molecular weight is 302 g/mol. The molecule has 0 aliphatic carbocycles. The lowest BCUT2D eigenvalue weighted by atomic mass is 10.0. The lowest BCUT2D eigenvalue weighted by Crippen LogP contribution is -2.23. The Bertz CT molecular complexity index is 678. The molecule has 2 N–H and O–H groups in total. The highest BCUT2D eigenvalue weighted by Gasteiger charge is 2.07. The highest BCUT2D eigenvalue weighted by Crippen LogP contribution is 2.13. The van der Waals surface area contributed by atoms with Crippen LogP contribution in [0.25, 0.3) is 6.08 Å². The third-order valence-corrected chi connectivity index (χ3v) is 3.49. The Morgan fingerprint density at radius 2 is 2.24 bits per heavy atom. The first kappa shape index (κ1) is 14.9. The van der Waals surface area contributed by atoms with Crippen LogP contribution in [-0.2, 0) is 11.3 Å². The number of nitrogens with one attached hydrogen (secondary N) is 1. The van der Waals surface area contributed by atoms with Crippen LogP contribution in [0.2, 0.25) is 0 Å². The lowest BCUT2D eigenvalue weighted by Gasteiger charge is -2.06. The maximum atomic E-state index is 12.0. The van der Waals surface area contributed by atoms with Crippen LogP contribution in [0.1, 0.15) is 27.2 Å². The van der Waals surface area contributed by atoms with Gasteiger partial charge in [-0.2, -0.15) is 0 Å². The molecule has 0 aliphatic heterocycles. The van der Waals surface area contributed by atoms with Gasteiger partial charge in [-0.3, -0.25) is 4.79 Å². The normalized spacial score (nSPS) is 10.7. The average Bonchev–Trinajstić information content (AvgIpc) is 2.96. The number of hydrogen-bond donors (Lipinski definition) is 2. The zero-order valence-corrected chi connectivity index (χ0v) is 12.2. The summed E-state index contributed by atoms with van der Waals surface area (Å²) >= 11 is 1.48. The fraction of sp³-hybridized carbons (Fsp3) is 0.133. The highest BCUT2D eigenvalue weighted by molar-refractivity contribution is 7.07. The molecule has 0 bridgehead atoms. The van der Waals surface area contributed by atoms with Gasteiger partial charge in [0.15, 0.2) is 0 Å². The number of carbonyl (C=O) groups is 2. The quantitative estimate of drug-likeness (QED) is 0.832. The molecule has 0 aliphatic rings. The van der Waals surface area contributed by atoms with Crippen molar-refractivity contribution in [3.63, 3.8) is 0 Å². The van der Waals surface area contributed by atoms with E-state index in [0.717, 1.165) is 22.9 Å². The van der Waals surface area contributed by atoms with Crippen LogP contribution in [0.15, 0.2) is 35.2 Å². The number of aliphatic carboxylic acids is 1. The van der Waals surface area contributed by atoms with Crippen molar-refractivity contribution in [1.82, 2.24) is 10.3 Å². The molecular formula is C15H14N2O3S. The molecular weight excluding hydrogens is 288 g/mol. The van der Waals surface area contributed by atoms with Crippen LogP contribution in [0.4, 0.5) is 0 Å². The van der Waals surface area contributed by atoms with Crippen LogP contribution in [0.5, 0.6) is 0 Å². The number of carboxylic acids is 1. The maximum absolute atomic E-state index is 12.0. The van der Waals surface area contributed by atoms with Gasteiger partial charge < -0.3 is 10.4 Å². The second-order valence-electron chi connectivity index (χ2n) is 4.41. The molecule has 1 aromatic carbocycles. The van der Waals surface area contributed by atoms with Crippen molar-refractivity contribution in [2.24, 2.45) is 0 Å². The summed E-state index contributed by atoms with van der Waals surface area (Å²) < 4.78 is 0. The minimum absolute atomic E-state index is 0.181. The van der Waals surface area contributed by atoms with Gasteiger partial charge in [0.2, 0.25) is 0 Å². The van der Waals surface area contributed by atoms with Gasteiger partial charge in [-0.1, -0.05) is 6.07 Å². The first-order chi connectivity index (χ1) is 10.1. The number of carboxylic acid groups (broad SMARTS) is 1. The Balaban J connectivity index is 2.05. The fourth-order valence-electron chi connectivity index (χ4n) is 1.76. The minimum Gasteiger partial charge on any atom is -0.478 e. The van der Waals surface area contributed by atoms with Crippen molar-refractivity contribution in [3.8, 4) is 0 Å². The smallest absolute Gasteiger partial charge is 0.328 e. The van der Waals surface area contributed by atoms with Crippen LogP contribution in [-0.4, -0.2) is 22.0 Å². The summed E-state index contributed by atoms with van der Waals surface area (Å²) in [6, 6.07) is 5.13. The van der Waals surface area contributed by atoms with E-state index in [-0.39, 0.29) is 5.91 Å². The summed E-state index contributed by atoms with van der Waals surface area (Å²) in [5.74, 6) is -1.18. The Labute approximate surface area is 126 Å². The monoisotopic (exact) mass is 302 g/mol. The number of amides is 1. The van der Waals surface area contributed by atoms with E-state index in [1.54, 1.807) is 23.7 Å². The molecule has 21 heavy (non-hydrogen) atoms. The third kappa shape index (κ3) is 4.25. The lowest BCUT2D eigenvalue weighted by molar-refractivity contribution is -0.131. The molecule has 2 rings (SSSR count). The van der Waals surface area contributed by atoms with Gasteiger partial charge in [-0.25, -0.2) is 9.78 Å². The molecule has 5 nitrogen and oxygen atoms in total. The number of rotatable bonds is 5. The molecule has 0 saturated heterocycles. The summed E-state index contributed by atoms with van der Waals surface area (Å²) in [4.78, 5) is 26.6. The highest BCUT2D eigenvalue weighted by atomic mass is 32.1. The molecule has 2 aromatic rings. The number of carbonyl (C=O) groups excluding carboxylic acids is 1. The van der Waals surface area contributed by atoms with Crippen molar-refractivity contribution in [3.05, 3.63) is 57.6 Å². The van der Waals surface area contributed by atoms with E-state index < -0.39 is 5.97 Å². The number of nitrogens with zero attached hydrogens (tertiary/aromatic N) is 1. The Morgan fingerprint density at radius 3 is 2.86 bits per heavy atom. The Kier molecular flexibility index (Phi) is 4.84. The number of benzene rings is 1. The van der Waals surface area contributed by atoms with E-state index in [2.05, 4.69) is 10.3 Å². The molecule has 6 heteroatoms. The van der Waals surface area contributed by atoms with Gasteiger partial charge in [-0.05, 0) is 36.3 Å². The van der Waals surface area contributed by atoms with E-state index in [9.17, 15) is 9.59 Å². The SMILES string of the molecule is Cc1cc(C(=O)NCc2cscn2)ccc1/C=C/C(=O)O. The molecule has 1 heterocycles. The zero-order chi connectivity index (χ0) is 15.2. The van der Waals surface area contributed by atoms with Gasteiger partial charge in [0.25, 0.3) is 5.91 Å². The number of aromatic nitrogens is 1. The topological polar surface area (TPSA) is 79.3 Å². The van der Waals surface area contributed by atoms with E-state index >= 15 is 0 Å². The standard InChI is InChI=1S/C15H14N2O3S/c1-10-6-12(3-2-11(10)4-5-14(18)19)15(20)16-7-13-8-21-9-17-13/h2-6,8-9H,7H2,1H3,(H,16,20)(H,18,19)/b5-4+. The largest absolute Gasteiger partial charge is 0.478 e.